The second-order valence-electron chi connectivity index (χ2n) is 5.22. The van der Waals surface area contributed by atoms with Gasteiger partial charge in [-0.2, -0.15) is 0 Å². The summed E-state index contributed by atoms with van der Waals surface area (Å²) < 4.78 is 4.49. The van der Waals surface area contributed by atoms with E-state index in [9.17, 15) is 14.4 Å². The molecule has 0 saturated carbocycles. The van der Waals surface area contributed by atoms with Crippen LogP contribution in [0.1, 0.15) is 36.5 Å². The van der Waals surface area contributed by atoms with Crippen LogP contribution in [0, 0.1) is 0 Å². The minimum Gasteiger partial charge on any atom is -0.469 e. The van der Waals surface area contributed by atoms with Crippen molar-refractivity contribution in [1.29, 1.82) is 0 Å². The number of methoxy groups -OCH3 is 1. The van der Waals surface area contributed by atoms with Crippen molar-refractivity contribution in [2.45, 2.75) is 32.2 Å². The Bertz CT molecular complexity index is 541. The molecule has 0 radical (unpaired) electrons. The van der Waals surface area contributed by atoms with Crippen LogP contribution in [0.3, 0.4) is 0 Å². The molecule has 0 fully saturated rings. The first-order chi connectivity index (χ1) is 10.9. The maximum absolute atomic E-state index is 11.9. The molecule has 0 aliphatic heterocycles. The van der Waals surface area contributed by atoms with Gasteiger partial charge in [0.1, 0.15) is 0 Å². The molecule has 0 heterocycles. The number of hydrogen-bond donors (Lipinski definition) is 3. The van der Waals surface area contributed by atoms with Gasteiger partial charge in [-0.1, -0.05) is 0 Å². The van der Waals surface area contributed by atoms with Crippen molar-refractivity contribution in [2.24, 2.45) is 5.73 Å². The van der Waals surface area contributed by atoms with E-state index in [1.54, 1.807) is 24.3 Å². The lowest BCUT2D eigenvalue weighted by atomic mass is 10.1. The molecule has 126 valence electrons. The molecular weight excluding hydrogens is 298 g/mol. The van der Waals surface area contributed by atoms with Crippen LogP contribution in [0.25, 0.3) is 0 Å². The normalized spacial score (nSPS) is 11.4. The van der Waals surface area contributed by atoms with Gasteiger partial charge < -0.3 is 21.1 Å². The van der Waals surface area contributed by atoms with E-state index >= 15 is 0 Å². The zero-order valence-electron chi connectivity index (χ0n) is 13.4. The zero-order chi connectivity index (χ0) is 17.2. The van der Waals surface area contributed by atoms with Crippen molar-refractivity contribution in [2.75, 3.05) is 19.0 Å². The topological polar surface area (TPSA) is 111 Å². The SMILES string of the molecule is COC(=O)CCNC(=O)c1ccc(NC(=O)CCC(C)N)cc1. The molecule has 0 bridgehead atoms. The average molecular weight is 321 g/mol. The van der Waals surface area contributed by atoms with Gasteiger partial charge in [-0.15, -0.1) is 0 Å². The molecule has 0 aromatic heterocycles. The van der Waals surface area contributed by atoms with E-state index in [1.165, 1.54) is 7.11 Å². The van der Waals surface area contributed by atoms with Crippen LogP contribution in [0.2, 0.25) is 0 Å². The maximum atomic E-state index is 11.9. The van der Waals surface area contributed by atoms with E-state index in [1.807, 2.05) is 6.92 Å². The number of carbonyl (C=O) groups is 3. The summed E-state index contributed by atoms with van der Waals surface area (Å²) in [5, 5.41) is 5.36. The summed E-state index contributed by atoms with van der Waals surface area (Å²) in [6.07, 6.45) is 1.09. The first-order valence-electron chi connectivity index (χ1n) is 7.43. The fourth-order valence-corrected chi connectivity index (χ4v) is 1.77. The Labute approximate surface area is 135 Å². The molecule has 23 heavy (non-hydrogen) atoms. The lowest BCUT2D eigenvalue weighted by Gasteiger charge is -2.08. The largest absolute Gasteiger partial charge is 0.469 e. The summed E-state index contributed by atoms with van der Waals surface area (Å²) in [4.78, 5) is 34.5. The van der Waals surface area contributed by atoms with E-state index in [0.29, 0.717) is 24.1 Å². The third kappa shape index (κ3) is 7.42. The zero-order valence-corrected chi connectivity index (χ0v) is 13.4. The minimum absolute atomic E-state index is 0.0168. The summed E-state index contributed by atoms with van der Waals surface area (Å²) in [6, 6.07) is 6.50. The molecule has 1 aromatic carbocycles. The monoisotopic (exact) mass is 321 g/mol. The van der Waals surface area contributed by atoms with E-state index in [-0.39, 0.29) is 36.8 Å². The third-order valence-corrected chi connectivity index (χ3v) is 3.10. The van der Waals surface area contributed by atoms with Crippen LogP contribution in [0.5, 0.6) is 0 Å². The van der Waals surface area contributed by atoms with Gasteiger partial charge in [-0.25, -0.2) is 0 Å². The highest BCUT2D eigenvalue weighted by atomic mass is 16.5. The van der Waals surface area contributed by atoms with E-state index in [0.717, 1.165) is 0 Å². The molecule has 0 aliphatic rings. The molecular formula is C16H23N3O4. The molecule has 1 atom stereocenters. The second kappa shape index (κ2) is 9.58. The summed E-state index contributed by atoms with van der Waals surface area (Å²) >= 11 is 0. The summed E-state index contributed by atoms with van der Waals surface area (Å²) in [5.74, 6) is -0.781. The van der Waals surface area contributed by atoms with Gasteiger partial charge in [-0.05, 0) is 37.6 Å². The Kier molecular flexibility index (Phi) is 7.76. The number of hydrogen-bond acceptors (Lipinski definition) is 5. The van der Waals surface area contributed by atoms with Crippen LogP contribution in [0.4, 0.5) is 5.69 Å². The minimum atomic E-state index is -0.379. The van der Waals surface area contributed by atoms with Crippen molar-refractivity contribution >= 4 is 23.5 Å². The number of nitrogens with one attached hydrogen (secondary N) is 2. The highest BCUT2D eigenvalue weighted by Crippen LogP contribution is 2.10. The first-order valence-corrected chi connectivity index (χ1v) is 7.43. The van der Waals surface area contributed by atoms with E-state index < -0.39 is 0 Å². The van der Waals surface area contributed by atoms with Crippen molar-refractivity contribution < 1.29 is 19.1 Å². The van der Waals surface area contributed by atoms with Crippen LogP contribution in [-0.4, -0.2) is 37.5 Å². The van der Waals surface area contributed by atoms with Crippen molar-refractivity contribution in [3.05, 3.63) is 29.8 Å². The first kappa shape index (κ1) is 18.6. The predicted molar refractivity (Wildman–Crippen MR) is 86.9 cm³/mol. The molecule has 1 unspecified atom stereocenters. The Hall–Kier alpha value is -2.41. The van der Waals surface area contributed by atoms with Gasteiger partial charge in [0.25, 0.3) is 5.91 Å². The third-order valence-electron chi connectivity index (χ3n) is 3.10. The summed E-state index contributed by atoms with van der Waals surface area (Å²) in [6.45, 7) is 2.06. The van der Waals surface area contributed by atoms with E-state index in [4.69, 9.17) is 5.73 Å². The highest BCUT2D eigenvalue weighted by Gasteiger charge is 2.08. The van der Waals surface area contributed by atoms with Gasteiger partial charge in [0.15, 0.2) is 0 Å². The van der Waals surface area contributed by atoms with Crippen LogP contribution in [0.15, 0.2) is 24.3 Å². The van der Waals surface area contributed by atoms with Crippen molar-refractivity contribution in [1.82, 2.24) is 5.32 Å². The smallest absolute Gasteiger partial charge is 0.307 e. The number of carbonyl (C=O) groups excluding carboxylic acids is 3. The molecule has 4 N–H and O–H groups in total. The fourth-order valence-electron chi connectivity index (χ4n) is 1.77. The standard InChI is InChI=1S/C16H23N3O4/c1-11(17)3-8-14(20)19-13-6-4-12(5-7-13)16(22)18-10-9-15(21)23-2/h4-7,11H,3,8-10,17H2,1-2H3,(H,18,22)(H,19,20). The van der Waals surface area contributed by atoms with Gasteiger partial charge in [-0.3, -0.25) is 14.4 Å². The van der Waals surface area contributed by atoms with E-state index in [2.05, 4.69) is 15.4 Å². The van der Waals surface area contributed by atoms with Crippen molar-refractivity contribution in [3.63, 3.8) is 0 Å². The molecule has 1 rings (SSSR count). The van der Waals surface area contributed by atoms with Crippen LogP contribution >= 0.6 is 0 Å². The molecule has 2 amide bonds. The summed E-state index contributed by atoms with van der Waals surface area (Å²) in [5.41, 5.74) is 6.67. The van der Waals surface area contributed by atoms with Gasteiger partial charge in [0.05, 0.1) is 13.5 Å². The number of esters is 1. The van der Waals surface area contributed by atoms with Crippen molar-refractivity contribution in [3.8, 4) is 0 Å². The number of rotatable bonds is 8. The molecule has 7 heteroatoms. The van der Waals surface area contributed by atoms with Crippen LogP contribution < -0.4 is 16.4 Å². The molecule has 7 nitrogen and oxygen atoms in total. The lowest BCUT2D eigenvalue weighted by Crippen LogP contribution is -2.26. The average Bonchev–Trinajstić information content (AvgIpc) is 2.53. The highest BCUT2D eigenvalue weighted by molar-refractivity contribution is 5.95. The van der Waals surface area contributed by atoms with Gasteiger partial charge in [0.2, 0.25) is 5.91 Å². The fraction of sp³-hybridized carbons (Fsp3) is 0.438. The van der Waals surface area contributed by atoms with Gasteiger partial charge in [0, 0.05) is 30.3 Å². The molecule has 0 saturated heterocycles. The Morgan fingerprint density at radius 2 is 1.83 bits per heavy atom. The van der Waals surface area contributed by atoms with Gasteiger partial charge >= 0.3 is 5.97 Å². The Morgan fingerprint density at radius 3 is 2.39 bits per heavy atom. The van der Waals surface area contributed by atoms with Crippen LogP contribution in [-0.2, 0) is 14.3 Å². The Morgan fingerprint density at radius 1 is 1.17 bits per heavy atom. The number of nitrogens with two attached hydrogens (primary N) is 1. The lowest BCUT2D eigenvalue weighted by molar-refractivity contribution is -0.140. The molecule has 1 aromatic rings. The Balaban J connectivity index is 2.44. The second-order valence-corrected chi connectivity index (χ2v) is 5.22. The number of amides is 2. The number of benzene rings is 1. The number of ether oxygens (including phenoxy) is 1. The molecule has 0 spiro atoms. The summed E-state index contributed by atoms with van der Waals surface area (Å²) in [7, 11) is 1.30. The predicted octanol–water partition coefficient (Wildman–Crippen LogP) is 1.05. The maximum Gasteiger partial charge on any atom is 0.307 e. The quantitative estimate of drug-likeness (QED) is 0.620. The molecule has 0 aliphatic carbocycles. The number of anilines is 1.